The fourth-order valence-corrected chi connectivity index (χ4v) is 2.71. The Balaban J connectivity index is 2.17. The normalized spacial score (nSPS) is 26.7. The molecule has 1 fully saturated rings. The molecule has 1 aromatic rings. The van der Waals surface area contributed by atoms with Crippen LogP contribution in [0.15, 0.2) is 11.4 Å². The number of aldehydes is 1. The maximum atomic E-state index is 10.6. The summed E-state index contributed by atoms with van der Waals surface area (Å²) in [7, 11) is 0. The lowest BCUT2D eigenvalue weighted by atomic mass is 10.0. The largest absolute Gasteiger partial charge is 0.391 e. The Labute approximate surface area is 93.3 Å². The molecule has 0 bridgehead atoms. The predicted molar refractivity (Wildman–Crippen MR) is 61.8 cm³/mol. The number of piperidine rings is 1. The van der Waals surface area contributed by atoms with Crippen molar-refractivity contribution >= 4 is 23.3 Å². The molecule has 2 rings (SSSR count). The van der Waals surface area contributed by atoms with Crippen LogP contribution >= 0.6 is 11.3 Å². The number of carbonyl (C=O) groups excluding carboxylic acids is 1. The van der Waals surface area contributed by atoms with Gasteiger partial charge in [0, 0.05) is 23.7 Å². The molecule has 3 nitrogen and oxygen atoms in total. The second kappa shape index (κ2) is 4.33. The molecule has 0 amide bonds. The second-order valence-electron chi connectivity index (χ2n) is 4.06. The minimum absolute atomic E-state index is 0.235. The van der Waals surface area contributed by atoms with Gasteiger partial charge < -0.3 is 10.0 Å². The van der Waals surface area contributed by atoms with Gasteiger partial charge in [0.25, 0.3) is 0 Å². The van der Waals surface area contributed by atoms with Crippen LogP contribution in [0.25, 0.3) is 0 Å². The molecule has 1 saturated heterocycles. The number of β-amino-alcohol motifs (C(OH)–C–C–N with tert-alkyl or cyclic N) is 1. The Morgan fingerprint density at radius 2 is 2.40 bits per heavy atom. The molecule has 0 saturated carbocycles. The molecular weight excluding hydrogens is 210 g/mol. The molecule has 1 aromatic heterocycles. The monoisotopic (exact) mass is 225 g/mol. The van der Waals surface area contributed by atoms with Crippen molar-refractivity contribution in [2.45, 2.75) is 31.9 Å². The Morgan fingerprint density at radius 1 is 1.60 bits per heavy atom. The van der Waals surface area contributed by atoms with Crippen molar-refractivity contribution in [1.82, 2.24) is 0 Å². The summed E-state index contributed by atoms with van der Waals surface area (Å²) in [6.45, 7) is 2.83. The average Bonchev–Trinajstić information content (AvgIpc) is 2.70. The minimum Gasteiger partial charge on any atom is -0.391 e. The predicted octanol–water partition coefficient (Wildman–Crippen LogP) is 1.91. The number of nitrogens with zero attached hydrogens (tertiary/aromatic N) is 1. The van der Waals surface area contributed by atoms with Crippen LogP contribution in [-0.2, 0) is 0 Å². The van der Waals surface area contributed by atoms with Crippen molar-refractivity contribution < 1.29 is 9.90 Å². The summed E-state index contributed by atoms with van der Waals surface area (Å²) in [5.74, 6) is 0. The van der Waals surface area contributed by atoms with Crippen LogP contribution in [0.1, 0.15) is 29.4 Å². The van der Waals surface area contributed by atoms with Gasteiger partial charge in [-0.05, 0) is 25.8 Å². The molecule has 1 aliphatic rings. The van der Waals surface area contributed by atoms with Crippen LogP contribution < -0.4 is 4.90 Å². The molecule has 4 heteroatoms. The second-order valence-corrected chi connectivity index (χ2v) is 5.00. The molecule has 1 N–H and O–H groups in total. The first-order valence-electron chi connectivity index (χ1n) is 5.19. The van der Waals surface area contributed by atoms with E-state index in [9.17, 15) is 9.90 Å². The molecule has 0 unspecified atom stereocenters. The molecular formula is C11H15NO2S. The molecule has 0 aliphatic carbocycles. The number of anilines is 1. The van der Waals surface area contributed by atoms with E-state index in [-0.39, 0.29) is 6.10 Å². The maximum absolute atomic E-state index is 10.6. The molecule has 2 atom stereocenters. The van der Waals surface area contributed by atoms with Crippen LogP contribution in [0.2, 0.25) is 0 Å². The van der Waals surface area contributed by atoms with Gasteiger partial charge in [-0.15, -0.1) is 11.3 Å². The van der Waals surface area contributed by atoms with Gasteiger partial charge in [0.2, 0.25) is 0 Å². The van der Waals surface area contributed by atoms with E-state index in [1.807, 2.05) is 11.4 Å². The highest BCUT2D eigenvalue weighted by Gasteiger charge is 2.24. The first-order valence-corrected chi connectivity index (χ1v) is 6.07. The first kappa shape index (κ1) is 10.6. The standard InChI is InChI=1S/C11H15NO2S/c1-8-2-3-10(14)5-12(8)9-4-11(6-13)15-7-9/h4,6-8,10,14H,2-3,5H2,1H3/t8-,10-/m1/s1. The van der Waals surface area contributed by atoms with Gasteiger partial charge in [0.1, 0.15) is 0 Å². The Hall–Kier alpha value is -0.870. The fourth-order valence-electron chi connectivity index (χ4n) is 2.00. The molecule has 2 heterocycles. The summed E-state index contributed by atoms with van der Waals surface area (Å²) in [5.41, 5.74) is 1.06. The van der Waals surface area contributed by atoms with Crippen molar-refractivity contribution in [1.29, 1.82) is 0 Å². The van der Waals surface area contributed by atoms with Gasteiger partial charge in [0.05, 0.1) is 11.0 Å². The number of thiophene rings is 1. The van der Waals surface area contributed by atoms with Crippen LogP contribution in [0.4, 0.5) is 5.69 Å². The van der Waals surface area contributed by atoms with Gasteiger partial charge in [-0.2, -0.15) is 0 Å². The molecule has 0 spiro atoms. The summed E-state index contributed by atoms with van der Waals surface area (Å²) < 4.78 is 0. The van der Waals surface area contributed by atoms with E-state index in [0.29, 0.717) is 12.6 Å². The fraction of sp³-hybridized carbons (Fsp3) is 0.545. The topological polar surface area (TPSA) is 40.5 Å². The summed E-state index contributed by atoms with van der Waals surface area (Å²) in [5, 5.41) is 11.6. The summed E-state index contributed by atoms with van der Waals surface area (Å²) in [6, 6.07) is 2.34. The third-order valence-corrected chi connectivity index (χ3v) is 3.76. The highest BCUT2D eigenvalue weighted by molar-refractivity contribution is 7.12. The molecule has 0 aromatic carbocycles. The van der Waals surface area contributed by atoms with Crippen molar-refractivity contribution in [3.8, 4) is 0 Å². The zero-order valence-electron chi connectivity index (χ0n) is 8.72. The average molecular weight is 225 g/mol. The first-order chi connectivity index (χ1) is 7.20. The molecule has 0 radical (unpaired) electrons. The number of carbonyl (C=O) groups is 1. The third-order valence-electron chi connectivity index (χ3n) is 2.91. The number of aliphatic hydroxyl groups is 1. The van der Waals surface area contributed by atoms with Crippen molar-refractivity contribution in [3.63, 3.8) is 0 Å². The smallest absolute Gasteiger partial charge is 0.160 e. The van der Waals surface area contributed by atoms with Gasteiger partial charge in [0.15, 0.2) is 6.29 Å². The zero-order valence-corrected chi connectivity index (χ0v) is 9.54. The summed E-state index contributed by atoms with van der Waals surface area (Å²) in [4.78, 5) is 13.5. The van der Waals surface area contributed by atoms with E-state index in [0.717, 1.165) is 29.7 Å². The van der Waals surface area contributed by atoms with E-state index in [1.54, 1.807) is 0 Å². The van der Waals surface area contributed by atoms with Crippen LogP contribution in [-0.4, -0.2) is 30.1 Å². The molecule has 82 valence electrons. The van der Waals surface area contributed by atoms with Crippen LogP contribution in [0, 0.1) is 0 Å². The number of hydrogen-bond acceptors (Lipinski definition) is 4. The number of hydrogen-bond donors (Lipinski definition) is 1. The Bertz CT molecular complexity index is 350. The van der Waals surface area contributed by atoms with Crippen LogP contribution in [0.5, 0.6) is 0 Å². The minimum atomic E-state index is -0.235. The number of rotatable bonds is 2. The molecule has 15 heavy (non-hydrogen) atoms. The lowest BCUT2D eigenvalue weighted by Crippen LogP contribution is -2.43. The van der Waals surface area contributed by atoms with Gasteiger partial charge in [-0.25, -0.2) is 0 Å². The molecule has 1 aliphatic heterocycles. The number of aliphatic hydroxyl groups excluding tert-OH is 1. The zero-order chi connectivity index (χ0) is 10.8. The SMILES string of the molecule is C[C@@H]1CC[C@@H](O)CN1c1csc(C=O)c1. The van der Waals surface area contributed by atoms with E-state index < -0.39 is 0 Å². The van der Waals surface area contributed by atoms with Crippen LogP contribution in [0.3, 0.4) is 0 Å². The summed E-state index contributed by atoms with van der Waals surface area (Å²) >= 11 is 1.46. The Morgan fingerprint density at radius 3 is 3.07 bits per heavy atom. The van der Waals surface area contributed by atoms with Crippen molar-refractivity contribution in [3.05, 3.63) is 16.3 Å². The van der Waals surface area contributed by atoms with Gasteiger partial charge in [-0.3, -0.25) is 4.79 Å². The Kier molecular flexibility index (Phi) is 3.07. The van der Waals surface area contributed by atoms with Crippen molar-refractivity contribution in [2.24, 2.45) is 0 Å². The van der Waals surface area contributed by atoms with E-state index >= 15 is 0 Å². The van der Waals surface area contributed by atoms with E-state index in [4.69, 9.17) is 0 Å². The third kappa shape index (κ3) is 2.21. The van der Waals surface area contributed by atoms with E-state index in [1.165, 1.54) is 11.3 Å². The highest BCUT2D eigenvalue weighted by atomic mass is 32.1. The summed E-state index contributed by atoms with van der Waals surface area (Å²) in [6.07, 6.45) is 2.52. The van der Waals surface area contributed by atoms with Crippen molar-refractivity contribution in [2.75, 3.05) is 11.4 Å². The lowest BCUT2D eigenvalue weighted by Gasteiger charge is -2.37. The lowest BCUT2D eigenvalue weighted by molar-refractivity contribution is 0.112. The van der Waals surface area contributed by atoms with Gasteiger partial charge in [-0.1, -0.05) is 0 Å². The maximum Gasteiger partial charge on any atom is 0.160 e. The quantitative estimate of drug-likeness (QED) is 0.782. The van der Waals surface area contributed by atoms with Gasteiger partial charge >= 0.3 is 0 Å². The highest BCUT2D eigenvalue weighted by Crippen LogP contribution is 2.28. The van der Waals surface area contributed by atoms with E-state index in [2.05, 4.69) is 11.8 Å².